The van der Waals surface area contributed by atoms with Crippen molar-refractivity contribution in [3.63, 3.8) is 0 Å². The lowest BCUT2D eigenvalue weighted by atomic mass is 10.1. The first kappa shape index (κ1) is 16.8. The summed E-state index contributed by atoms with van der Waals surface area (Å²) in [5.41, 5.74) is 0. The van der Waals surface area contributed by atoms with Gasteiger partial charge in [0.1, 0.15) is 6.04 Å². The van der Waals surface area contributed by atoms with Crippen LogP contribution in [0.2, 0.25) is 0 Å². The van der Waals surface area contributed by atoms with E-state index in [1.165, 1.54) is 38.5 Å². The molecule has 19 heavy (non-hydrogen) atoms. The van der Waals surface area contributed by atoms with Gasteiger partial charge in [0, 0.05) is 6.04 Å². The highest BCUT2D eigenvalue weighted by atomic mass is 32.2. The van der Waals surface area contributed by atoms with Gasteiger partial charge in [0.25, 0.3) is 0 Å². The molecule has 1 aliphatic carbocycles. The zero-order valence-electron chi connectivity index (χ0n) is 12.5. The quantitative estimate of drug-likeness (QED) is 0.422. The molecule has 4 heteroatoms. The molecule has 1 saturated carbocycles. The minimum Gasteiger partial charge on any atom is -0.465 e. The second-order valence-corrected chi connectivity index (χ2v) is 6.54. The van der Waals surface area contributed by atoms with Crippen molar-refractivity contribution in [3.8, 4) is 0 Å². The average molecular weight is 287 g/mol. The number of carbonyl (C=O) groups excluding carboxylic acids is 1. The fourth-order valence-corrected chi connectivity index (χ4v) is 3.28. The van der Waals surface area contributed by atoms with Crippen LogP contribution in [0.4, 0.5) is 0 Å². The van der Waals surface area contributed by atoms with E-state index in [0.717, 1.165) is 17.9 Å². The molecule has 0 radical (unpaired) electrons. The van der Waals surface area contributed by atoms with Crippen LogP contribution in [0.3, 0.4) is 0 Å². The highest BCUT2D eigenvalue weighted by molar-refractivity contribution is 7.99. The van der Waals surface area contributed by atoms with Gasteiger partial charge >= 0.3 is 5.97 Å². The summed E-state index contributed by atoms with van der Waals surface area (Å²) in [4.78, 5) is 12.0. The second-order valence-electron chi connectivity index (χ2n) is 5.15. The number of thioether (sulfide) groups is 1. The van der Waals surface area contributed by atoms with Crippen LogP contribution in [0.5, 0.6) is 0 Å². The van der Waals surface area contributed by atoms with E-state index in [2.05, 4.69) is 12.2 Å². The molecule has 1 fully saturated rings. The van der Waals surface area contributed by atoms with Crippen LogP contribution in [-0.4, -0.2) is 36.2 Å². The molecule has 0 heterocycles. The lowest BCUT2D eigenvalue weighted by Gasteiger charge is -2.23. The summed E-state index contributed by atoms with van der Waals surface area (Å²) in [6.45, 7) is 4.51. The molecule has 0 aromatic heterocycles. The zero-order chi connectivity index (χ0) is 13.9. The van der Waals surface area contributed by atoms with Crippen molar-refractivity contribution in [2.75, 3.05) is 18.1 Å². The minimum atomic E-state index is -0.109. The standard InChI is InChI=1S/C15H29NO2S/c1-3-18-15(17)14(11-12-19-4-2)16-13-9-7-5-6-8-10-13/h13-14,16H,3-12H2,1-2H3. The van der Waals surface area contributed by atoms with Crippen LogP contribution in [0.15, 0.2) is 0 Å². The number of rotatable bonds is 8. The van der Waals surface area contributed by atoms with E-state index in [9.17, 15) is 4.79 Å². The van der Waals surface area contributed by atoms with Crippen molar-refractivity contribution in [2.24, 2.45) is 0 Å². The SMILES string of the molecule is CCOC(=O)C(CCSCC)NC1CCCCCC1. The van der Waals surface area contributed by atoms with Crippen LogP contribution < -0.4 is 5.32 Å². The van der Waals surface area contributed by atoms with Gasteiger partial charge in [-0.25, -0.2) is 0 Å². The molecule has 112 valence electrons. The molecule has 0 aromatic rings. The normalized spacial score (nSPS) is 18.8. The summed E-state index contributed by atoms with van der Waals surface area (Å²) in [7, 11) is 0. The van der Waals surface area contributed by atoms with Crippen molar-refractivity contribution in [1.82, 2.24) is 5.32 Å². The number of ether oxygens (including phenoxy) is 1. The Kier molecular flexibility index (Phi) is 9.35. The van der Waals surface area contributed by atoms with Gasteiger partial charge in [0.05, 0.1) is 6.61 Å². The first-order chi connectivity index (χ1) is 9.27. The summed E-state index contributed by atoms with van der Waals surface area (Å²) in [5.74, 6) is 2.07. The number of hydrogen-bond donors (Lipinski definition) is 1. The molecule has 1 N–H and O–H groups in total. The molecule has 3 nitrogen and oxygen atoms in total. The first-order valence-corrected chi connectivity index (χ1v) is 8.93. The molecule has 1 rings (SSSR count). The van der Waals surface area contributed by atoms with Crippen molar-refractivity contribution < 1.29 is 9.53 Å². The van der Waals surface area contributed by atoms with Crippen molar-refractivity contribution in [2.45, 2.75) is 70.9 Å². The Balaban J connectivity index is 2.43. The van der Waals surface area contributed by atoms with Gasteiger partial charge in [0.2, 0.25) is 0 Å². The Labute approximate surface area is 122 Å². The molecule has 0 saturated heterocycles. The maximum atomic E-state index is 12.0. The first-order valence-electron chi connectivity index (χ1n) is 7.78. The van der Waals surface area contributed by atoms with Crippen LogP contribution in [0, 0.1) is 0 Å². The van der Waals surface area contributed by atoms with Crippen molar-refractivity contribution in [1.29, 1.82) is 0 Å². The number of carbonyl (C=O) groups is 1. The van der Waals surface area contributed by atoms with E-state index in [0.29, 0.717) is 12.6 Å². The topological polar surface area (TPSA) is 38.3 Å². The number of hydrogen-bond acceptors (Lipinski definition) is 4. The molecule has 0 bridgehead atoms. The molecule has 0 spiro atoms. The summed E-state index contributed by atoms with van der Waals surface area (Å²) in [6, 6.07) is 0.394. The highest BCUT2D eigenvalue weighted by Crippen LogP contribution is 2.18. The van der Waals surface area contributed by atoms with Gasteiger partial charge in [-0.15, -0.1) is 0 Å². The fourth-order valence-electron chi connectivity index (χ4n) is 2.59. The van der Waals surface area contributed by atoms with E-state index in [1.54, 1.807) is 0 Å². The van der Waals surface area contributed by atoms with Crippen LogP contribution in [0.1, 0.15) is 58.8 Å². The molecule has 1 unspecified atom stereocenters. The molecule has 0 aromatic carbocycles. The maximum Gasteiger partial charge on any atom is 0.323 e. The molecule has 1 aliphatic rings. The third-order valence-electron chi connectivity index (χ3n) is 3.62. The van der Waals surface area contributed by atoms with Crippen molar-refractivity contribution in [3.05, 3.63) is 0 Å². The second kappa shape index (κ2) is 10.6. The zero-order valence-corrected chi connectivity index (χ0v) is 13.3. The third-order valence-corrected chi connectivity index (χ3v) is 4.55. The number of esters is 1. The maximum absolute atomic E-state index is 12.0. The monoisotopic (exact) mass is 287 g/mol. The Bertz CT molecular complexity index is 240. The predicted molar refractivity (Wildman–Crippen MR) is 82.7 cm³/mol. The van der Waals surface area contributed by atoms with Crippen LogP contribution in [0.25, 0.3) is 0 Å². The summed E-state index contributed by atoms with van der Waals surface area (Å²) in [6.07, 6.45) is 8.55. The highest BCUT2D eigenvalue weighted by Gasteiger charge is 2.23. The van der Waals surface area contributed by atoms with E-state index in [4.69, 9.17) is 4.74 Å². The lowest BCUT2D eigenvalue weighted by molar-refractivity contribution is -0.146. The van der Waals surface area contributed by atoms with Gasteiger partial charge in [-0.2, -0.15) is 11.8 Å². The van der Waals surface area contributed by atoms with E-state index in [-0.39, 0.29) is 12.0 Å². The minimum absolute atomic E-state index is 0.0663. The van der Waals surface area contributed by atoms with Gasteiger partial charge in [-0.1, -0.05) is 32.6 Å². The summed E-state index contributed by atoms with van der Waals surface area (Å²) in [5, 5.41) is 3.55. The predicted octanol–water partition coefficient (Wildman–Crippen LogP) is 3.37. The van der Waals surface area contributed by atoms with Crippen LogP contribution in [-0.2, 0) is 9.53 Å². The summed E-state index contributed by atoms with van der Waals surface area (Å²) >= 11 is 1.89. The van der Waals surface area contributed by atoms with E-state index >= 15 is 0 Å². The largest absolute Gasteiger partial charge is 0.465 e. The Morgan fingerprint density at radius 1 is 1.26 bits per heavy atom. The molecular formula is C15H29NO2S. The summed E-state index contributed by atoms with van der Waals surface area (Å²) < 4.78 is 5.20. The molecule has 0 aliphatic heterocycles. The Morgan fingerprint density at radius 2 is 1.95 bits per heavy atom. The third kappa shape index (κ3) is 7.21. The Morgan fingerprint density at radius 3 is 2.53 bits per heavy atom. The lowest BCUT2D eigenvalue weighted by Crippen LogP contribution is -2.44. The number of nitrogens with one attached hydrogen (secondary N) is 1. The van der Waals surface area contributed by atoms with E-state index < -0.39 is 0 Å². The smallest absolute Gasteiger partial charge is 0.323 e. The average Bonchev–Trinajstić information content (AvgIpc) is 2.66. The van der Waals surface area contributed by atoms with E-state index in [1.807, 2.05) is 18.7 Å². The van der Waals surface area contributed by atoms with Crippen molar-refractivity contribution >= 4 is 17.7 Å². The van der Waals surface area contributed by atoms with Gasteiger partial charge in [0.15, 0.2) is 0 Å². The molecule has 0 amide bonds. The van der Waals surface area contributed by atoms with Gasteiger partial charge < -0.3 is 10.1 Å². The Hall–Kier alpha value is -0.220. The van der Waals surface area contributed by atoms with Crippen LogP contribution >= 0.6 is 11.8 Å². The molecule has 1 atom stereocenters. The molecular weight excluding hydrogens is 258 g/mol. The van der Waals surface area contributed by atoms with Gasteiger partial charge in [-0.3, -0.25) is 4.79 Å². The van der Waals surface area contributed by atoms with Gasteiger partial charge in [-0.05, 0) is 37.7 Å². The fraction of sp³-hybridized carbons (Fsp3) is 0.933.